The molecule has 2 aromatic heterocycles. The van der Waals surface area contributed by atoms with E-state index >= 15 is 0 Å². The molecule has 0 aliphatic rings. The quantitative estimate of drug-likeness (QED) is 0.490. The Bertz CT molecular complexity index is 1300. The first kappa shape index (κ1) is 21.1. The number of halogens is 3. The zero-order valence-corrected chi connectivity index (χ0v) is 17.1. The van der Waals surface area contributed by atoms with Crippen LogP contribution in [0.1, 0.15) is 11.3 Å². The van der Waals surface area contributed by atoms with Gasteiger partial charge in [0.05, 0.1) is 17.5 Å². The van der Waals surface area contributed by atoms with Crippen LogP contribution in [0.25, 0.3) is 16.9 Å². The number of hydrogen-bond donors (Lipinski definition) is 2. The zero-order chi connectivity index (χ0) is 23.0. The van der Waals surface area contributed by atoms with Gasteiger partial charge in [-0.3, -0.25) is 4.90 Å². The molecule has 3 N–H and O–H groups in total. The van der Waals surface area contributed by atoms with Gasteiger partial charge in [-0.1, -0.05) is 12.1 Å². The van der Waals surface area contributed by atoms with Crippen LogP contribution in [-0.4, -0.2) is 32.7 Å². The third-order valence-electron chi connectivity index (χ3n) is 4.87. The van der Waals surface area contributed by atoms with Gasteiger partial charge >= 0.3 is 12.2 Å². The van der Waals surface area contributed by atoms with Crippen molar-refractivity contribution in [3.05, 3.63) is 66.0 Å². The fourth-order valence-electron chi connectivity index (χ4n) is 3.13. The van der Waals surface area contributed by atoms with E-state index in [1.165, 1.54) is 15.5 Å². The van der Waals surface area contributed by atoms with Gasteiger partial charge in [0.2, 0.25) is 5.95 Å². The van der Waals surface area contributed by atoms with Gasteiger partial charge in [-0.2, -0.15) is 13.2 Å². The van der Waals surface area contributed by atoms with Crippen LogP contribution in [0.15, 0.2) is 54.7 Å². The highest BCUT2D eigenvalue weighted by Gasteiger charge is 2.31. The summed E-state index contributed by atoms with van der Waals surface area (Å²) >= 11 is 0. The Balaban J connectivity index is 1.68. The molecule has 4 aromatic rings. The second-order valence-electron chi connectivity index (χ2n) is 7.05. The number of imidazole rings is 1. The van der Waals surface area contributed by atoms with Gasteiger partial charge < -0.3 is 11.1 Å². The second kappa shape index (κ2) is 7.84. The van der Waals surface area contributed by atoms with Crippen molar-refractivity contribution < 1.29 is 18.0 Å². The number of hydrogen-bond acceptors (Lipinski definition) is 5. The molecule has 0 aliphatic heterocycles. The number of alkyl halides is 3. The van der Waals surface area contributed by atoms with E-state index < -0.39 is 17.8 Å². The highest BCUT2D eigenvalue weighted by atomic mass is 19.4. The predicted molar refractivity (Wildman–Crippen MR) is 114 cm³/mol. The number of primary amides is 1. The van der Waals surface area contributed by atoms with Crippen LogP contribution in [0.2, 0.25) is 0 Å². The SMILES string of the molecule is Cc1nc(-c2cccc(C(F)(F)F)c2)n2nc(Nc3ccc(N(C)C(N)=O)cc3)ncc12. The summed E-state index contributed by atoms with van der Waals surface area (Å²) in [5, 5.41) is 7.44. The minimum Gasteiger partial charge on any atom is -0.351 e. The molecule has 11 heteroatoms. The molecule has 2 aromatic carbocycles. The molecule has 0 spiro atoms. The number of benzene rings is 2. The maximum Gasteiger partial charge on any atom is 0.416 e. The smallest absolute Gasteiger partial charge is 0.351 e. The van der Waals surface area contributed by atoms with Gasteiger partial charge in [0.25, 0.3) is 0 Å². The second-order valence-corrected chi connectivity index (χ2v) is 7.05. The van der Waals surface area contributed by atoms with Crippen molar-refractivity contribution in [1.82, 2.24) is 19.6 Å². The number of fused-ring (bicyclic) bond motifs is 1. The first-order valence-corrected chi connectivity index (χ1v) is 9.44. The number of nitrogens with two attached hydrogens (primary N) is 1. The van der Waals surface area contributed by atoms with E-state index in [2.05, 4.69) is 20.4 Å². The summed E-state index contributed by atoms with van der Waals surface area (Å²) in [6.45, 7) is 1.73. The number of amides is 2. The lowest BCUT2D eigenvalue weighted by Gasteiger charge is -2.14. The van der Waals surface area contributed by atoms with Crippen LogP contribution in [0.3, 0.4) is 0 Å². The number of rotatable bonds is 4. The van der Waals surface area contributed by atoms with Gasteiger partial charge in [-0.05, 0) is 43.3 Å². The minimum absolute atomic E-state index is 0.221. The van der Waals surface area contributed by atoms with Crippen molar-refractivity contribution in [3.63, 3.8) is 0 Å². The standard InChI is InChI=1S/C21H18F3N7O/c1-12-17-11-26-20(28-15-6-8-16(9-7-15)30(2)19(25)32)29-31(17)18(27-12)13-4-3-5-14(10-13)21(22,23)24/h3-11H,1-2H3,(H2,25,32)(H,28,29). The molecule has 2 heterocycles. The topological polar surface area (TPSA) is 101 Å². The molecule has 0 aliphatic carbocycles. The Morgan fingerprint density at radius 3 is 2.53 bits per heavy atom. The molecule has 0 saturated carbocycles. The average Bonchev–Trinajstić information content (AvgIpc) is 3.09. The number of aryl methyl sites for hydroxylation is 1. The van der Waals surface area contributed by atoms with Crippen molar-refractivity contribution in [1.29, 1.82) is 0 Å². The molecule has 164 valence electrons. The summed E-state index contributed by atoms with van der Waals surface area (Å²) in [6.07, 6.45) is -2.92. The average molecular weight is 441 g/mol. The monoisotopic (exact) mass is 441 g/mol. The highest BCUT2D eigenvalue weighted by molar-refractivity contribution is 5.90. The molecule has 8 nitrogen and oxygen atoms in total. The van der Waals surface area contributed by atoms with Crippen LogP contribution < -0.4 is 16.0 Å². The third-order valence-corrected chi connectivity index (χ3v) is 4.87. The molecular weight excluding hydrogens is 423 g/mol. The van der Waals surface area contributed by atoms with E-state index in [0.717, 1.165) is 12.1 Å². The first-order valence-electron chi connectivity index (χ1n) is 9.44. The maximum absolute atomic E-state index is 13.1. The Hall–Kier alpha value is -4.15. The van der Waals surface area contributed by atoms with Crippen molar-refractivity contribution in [2.75, 3.05) is 17.3 Å². The number of nitrogens with one attached hydrogen (secondary N) is 1. The molecule has 0 unspecified atom stereocenters. The normalized spacial score (nSPS) is 11.5. The largest absolute Gasteiger partial charge is 0.416 e. The number of urea groups is 1. The van der Waals surface area contributed by atoms with E-state index in [0.29, 0.717) is 22.6 Å². The van der Waals surface area contributed by atoms with E-state index in [-0.39, 0.29) is 17.3 Å². The zero-order valence-electron chi connectivity index (χ0n) is 17.1. The maximum atomic E-state index is 13.1. The molecule has 0 atom stereocenters. The summed E-state index contributed by atoms with van der Waals surface area (Å²) in [5.74, 6) is 0.492. The molecule has 2 amide bonds. The minimum atomic E-state index is -4.46. The van der Waals surface area contributed by atoms with Crippen molar-refractivity contribution >= 4 is 28.9 Å². The summed E-state index contributed by atoms with van der Waals surface area (Å²) in [4.78, 5) is 21.2. The van der Waals surface area contributed by atoms with Crippen LogP contribution in [0.4, 0.5) is 35.3 Å². The van der Waals surface area contributed by atoms with Crippen molar-refractivity contribution in [3.8, 4) is 11.4 Å². The van der Waals surface area contributed by atoms with E-state index in [9.17, 15) is 18.0 Å². The molecule has 0 bridgehead atoms. The Morgan fingerprint density at radius 2 is 1.88 bits per heavy atom. The van der Waals surface area contributed by atoms with Crippen LogP contribution in [-0.2, 0) is 6.18 Å². The lowest BCUT2D eigenvalue weighted by atomic mass is 10.1. The predicted octanol–water partition coefficient (Wildman–Crippen LogP) is 4.38. The molecule has 0 saturated heterocycles. The lowest BCUT2D eigenvalue weighted by molar-refractivity contribution is -0.137. The Kier molecular flexibility index (Phi) is 5.17. The molecule has 32 heavy (non-hydrogen) atoms. The Labute approximate surface area is 180 Å². The molecule has 0 fully saturated rings. The summed E-state index contributed by atoms with van der Waals surface area (Å²) in [5.41, 5.74) is 7.18. The fourth-order valence-corrected chi connectivity index (χ4v) is 3.13. The highest BCUT2D eigenvalue weighted by Crippen LogP contribution is 2.32. The number of nitrogens with zero attached hydrogens (tertiary/aromatic N) is 5. The van der Waals surface area contributed by atoms with E-state index in [4.69, 9.17) is 5.73 Å². The van der Waals surface area contributed by atoms with E-state index in [1.807, 2.05) is 0 Å². The van der Waals surface area contributed by atoms with Gasteiger partial charge in [-0.15, -0.1) is 5.10 Å². The van der Waals surface area contributed by atoms with Gasteiger partial charge in [0.1, 0.15) is 5.52 Å². The lowest BCUT2D eigenvalue weighted by Crippen LogP contribution is -2.31. The summed E-state index contributed by atoms with van der Waals surface area (Å²) in [7, 11) is 1.55. The van der Waals surface area contributed by atoms with Crippen LogP contribution in [0, 0.1) is 6.92 Å². The number of carbonyl (C=O) groups excluding carboxylic acids is 1. The summed E-state index contributed by atoms with van der Waals surface area (Å²) in [6, 6.07) is 11.2. The Morgan fingerprint density at radius 1 is 1.16 bits per heavy atom. The third kappa shape index (κ3) is 4.04. The first-order chi connectivity index (χ1) is 15.1. The number of carbonyl (C=O) groups is 1. The number of aromatic nitrogens is 4. The summed E-state index contributed by atoms with van der Waals surface area (Å²) < 4.78 is 40.9. The van der Waals surface area contributed by atoms with Crippen molar-refractivity contribution in [2.45, 2.75) is 13.1 Å². The van der Waals surface area contributed by atoms with E-state index in [1.54, 1.807) is 50.5 Å². The van der Waals surface area contributed by atoms with Gasteiger partial charge in [0, 0.05) is 24.0 Å². The van der Waals surface area contributed by atoms with Gasteiger partial charge in [-0.25, -0.2) is 19.3 Å². The van der Waals surface area contributed by atoms with Gasteiger partial charge in [0.15, 0.2) is 5.82 Å². The molecule has 0 radical (unpaired) electrons. The fraction of sp³-hybridized carbons (Fsp3) is 0.143. The number of anilines is 3. The van der Waals surface area contributed by atoms with Crippen LogP contribution in [0.5, 0.6) is 0 Å². The molecule has 4 rings (SSSR count). The molecular formula is C21H18F3N7O. The van der Waals surface area contributed by atoms with Crippen molar-refractivity contribution in [2.24, 2.45) is 5.73 Å². The van der Waals surface area contributed by atoms with Crippen LogP contribution >= 0.6 is 0 Å².